The largest absolute Gasteiger partial charge is 0.495 e. The van der Waals surface area contributed by atoms with Gasteiger partial charge >= 0.3 is 0 Å². The van der Waals surface area contributed by atoms with Gasteiger partial charge in [0.05, 0.1) is 18.7 Å². The summed E-state index contributed by atoms with van der Waals surface area (Å²) >= 11 is 6.09. The first-order valence-corrected chi connectivity index (χ1v) is 10.8. The van der Waals surface area contributed by atoms with Gasteiger partial charge in [0.2, 0.25) is 11.8 Å². The van der Waals surface area contributed by atoms with Gasteiger partial charge in [-0.3, -0.25) is 9.59 Å². The number of carbonyl (C=O) groups excluding carboxylic acids is 2. The molecule has 0 aliphatic carbocycles. The van der Waals surface area contributed by atoms with Crippen LogP contribution in [0.15, 0.2) is 36.4 Å². The maximum Gasteiger partial charge on any atom is 0.228 e. The monoisotopic (exact) mass is 464 g/mol. The molecule has 1 atom stereocenters. The van der Waals surface area contributed by atoms with E-state index in [1.54, 1.807) is 28.0 Å². The number of anilines is 1. The van der Waals surface area contributed by atoms with Crippen LogP contribution in [0.25, 0.3) is 0 Å². The smallest absolute Gasteiger partial charge is 0.228 e. The Labute approximate surface area is 189 Å². The normalized spacial score (nSPS) is 19.4. The van der Waals surface area contributed by atoms with Crippen molar-refractivity contribution in [2.24, 2.45) is 5.92 Å². The number of likely N-dealkylation sites (tertiary alicyclic amines) is 1. The van der Waals surface area contributed by atoms with E-state index in [0.717, 1.165) is 12.1 Å². The maximum atomic E-state index is 13.8. The van der Waals surface area contributed by atoms with Gasteiger partial charge in [-0.05, 0) is 30.3 Å². The molecule has 2 aliphatic rings. The fourth-order valence-electron chi connectivity index (χ4n) is 4.18. The van der Waals surface area contributed by atoms with Crippen molar-refractivity contribution < 1.29 is 27.8 Å². The van der Waals surface area contributed by atoms with Crippen LogP contribution < -0.4 is 14.4 Å². The van der Waals surface area contributed by atoms with E-state index in [4.69, 9.17) is 21.1 Å². The Bertz CT molecular complexity index is 1030. The molecule has 2 fully saturated rings. The molecule has 1 unspecified atom stereocenters. The summed E-state index contributed by atoms with van der Waals surface area (Å²) in [5.74, 6) is -1.60. The number of methoxy groups -OCH3 is 1. The van der Waals surface area contributed by atoms with Gasteiger partial charge in [0.1, 0.15) is 17.7 Å². The molecular weight excluding hydrogens is 442 g/mol. The van der Waals surface area contributed by atoms with Gasteiger partial charge in [0.15, 0.2) is 11.6 Å². The van der Waals surface area contributed by atoms with E-state index in [0.29, 0.717) is 42.4 Å². The summed E-state index contributed by atoms with van der Waals surface area (Å²) < 4.78 is 37.9. The highest BCUT2D eigenvalue weighted by molar-refractivity contribution is 6.31. The first-order chi connectivity index (χ1) is 15.4. The molecule has 4 rings (SSSR count). The second kappa shape index (κ2) is 9.32. The topological polar surface area (TPSA) is 59.1 Å². The SMILES string of the molecule is COc1ccc(Cl)cc1N1CC(C(=O)N2CCC(Oc3ccc(F)cc3F)CC2)CC1=O. The number of carbonyl (C=O) groups is 2. The lowest BCUT2D eigenvalue weighted by Crippen LogP contribution is -2.45. The van der Waals surface area contributed by atoms with Gasteiger partial charge in [0, 0.05) is 50.0 Å². The van der Waals surface area contributed by atoms with Crippen LogP contribution in [0.2, 0.25) is 5.02 Å². The summed E-state index contributed by atoms with van der Waals surface area (Å²) in [5.41, 5.74) is 0.550. The third kappa shape index (κ3) is 4.65. The Morgan fingerprint density at radius 2 is 1.81 bits per heavy atom. The Morgan fingerprint density at radius 1 is 1.09 bits per heavy atom. The van der Waals surface area contributed by atoms with Gasteiger partial charge in [-0.2, -0.15) is 0 Å². The predicted octanol–water partition coefficient (Wildman–Crippen LogP) is 4.05. The van der Waals surface area contributed by atoms with Crippen molar-refractivity contribution in [2.45, 2.75) is 25.4 Å². The lowest BCUT2D eigenvalue weighted by Gasteiger charge is -2.33. The zero-order valence-electron chi connectivity index (χ0n) is 17.5. The molecule has 2 aliphatic heterocycles. The van der Waals surface area contributed by atoms with Crippen LogP contribution in [0.3, 0.4) is 0 Å². The second-order valence-corrected chi connectivity index (χ2v) is 8.38. The summed E-state index contributed by atoms with van der Waals surface area (Å²) in [6.07, 6.45) is 0.895. The summed E-state index contributed by atoms with van der Waals surface area (Å²) in [5, 5.41) is 0.475. The molecule has 2 saturated heterocycles. The van der Waals surface area contributed by atoms with Crippen LogP contribution in [0.5, 0.6) is 11.5 Å². The van der Waals surface area contributed by atoms with Crippen LogP contribution in [-0.2, 0) is 9.59 Å². The van der Waals surface area contributed by atoms with E-state index in [9.17, 15) is 18.4 Å². The van der Waals surface area contributed by atoms with Gasteiger partial charge in [-0.15, -0.1) is 0 Å². The number of ether oxygens (including phenoxy) is 2. The predicted molar refractivity (Wildman–Crippen MR) is 115 cm³/mol. The van der Waals surface area contributed by atoms with Crippen LogP contribution in [0.1, 0.15) is 19.3 Å². The van der Waals surface area contributed by atoms with Crippen LogP contribution >= 0.6 is 11.6 Å². The van der Waals surface area contributed by atoms with Gasteiger partial charge in [-0.25, -0.2) is 8.78 Å². The highest BCUT2D eigenvalue weighted by Gasteiger charge is 2.39. The Kier molecular flexibility index (Phi) is 6.50. The summed E-state index contributed by atoms with van der Waals surface area (Å²) in [4.78, 5) is 28.9. The molecule has 9 heteroatoms. The molecule has 0 bridgehead atoms. The van der Waals surface area contributed by atoms with Crippen molar-refractivity contribution in [2.75, 3.05) is 31.6 Å². The van der Waals surface area contributed by atoms with Crippen molar-refractivity contribution in [1.82, 2.24) is 4.90 Å². The second-order valence-electron chi connectivity index (χ2n) is 7.94. The van der Waals surface area contributed by atoms with Crippen LogP contribution in [0, 0.1) is 17.6 Å². The number of hydrogen-bond acceptors (Lipinski definition) is 4. The highest BCUT2D eigenvalue weighted by atomic mass is 35.5. The number of piperidine rings is 1. The van der Waals surface area contributed by atoms with Gasteiger partial charge < -0.3 is 19.3 Å². The quantitative estimate of drug-likeness (QED) is 0.670. The number of hydrogen-bond donors (Lipinski definition) is 0. The van der Waals surface area contributed by atoms with E-state index >= 15 is 0 Å². The first-order valence-electron chi connectivity index (χ1n) is 10.4. The average Bonchev–Trinajstić information content (AvgIpc) is 3.17. The number of nitrogens with zero attached hydrogens (tertiary/aromatic N) is 2. The van der Waals surface area contributed by atoms with Crippen molar-refractivity contribution in [3.05, 3.63) is 53.1 Å². The lowest BCUT2D eigenvalue weighted by molar-refractivity contribution is -0.137. The Balaban J connectivity index is 1.36. The molecule has 0 radical (unpaired) electrons. The van der Waals surface area contributed by atoms with Gasteiger partial charge in [0.25, 0.3) is 0 Å². The molecule has 2 aromatic carbocycles. The molecule has 0 spiro atoms. The Morgan fingerprint density at radius 3 is 2.50 bits per heavy atom. The average molecular weight is 465 g/mol. The standard InChI is InChI=1S/C23H23ClF2N2O4/c1-31-21-4-2-15(24)11-19(21)28-13-14(10-22(28)29)23(30)27-8-6-17(7-9-27)32-20-5-3-16(25)12-18(20)26/h2-5,11-12,14,17H,6-10,13H2,1H3. The van der Waals surface area contributed by atoms with Crippen molar-refractivity contribution in [1.29, 1.82) is 0 Å². The van der Waals surface area contributed by atoms with E-state index in [1.807, 2.05) is 0 Å². The minimum Gasteiger partial charge on any atom is -0.495 e. The number of halogens is 3. The van der Waals surface area contributed by atoms with Crippen LogP contribution in [0.4, 0.5) is 14.5 Å². The maximum absolute atomic E-state index is 13.8. The highest BCUT2D eigenvalue weighted by Crippen LogP contribution is 2.36. The summed E-state index contributed by atoms with van der Waals surface area (Å²) in [7, 11) is 1.51. The summed E-state index contributed by atoms with van der Waals surface area (Å²) in [6, 6.07) is 8.22. The molecule has 2 aromatic rings. The molecule has 2 heterocycles. The molecular formula is C23H23ClF2N2O4. The molecule has 0 aromatic heterocycles. The lowest BCUT2D eigenvalue weighted by atomic mass is 10.0. The molecule has 170 valence electrons. The number of rotatable bonds is 5. The minimum atomic E-state index is -0.746. The minimum absolute atomic E-state index is 0.00340. The molecule has 2 amide bonds. The van der Waals surface area contributed by atoms with E-state index in [2.05, 4.69) is 0 Å². The van der Waals surface area contributed by atoms with E-state index in [-0.39, 0.29) is 36.6 Å². The zero-order valence-corrected chi connectivity index (χ0v) is 18.3. The van der Waals surface area contributed by atoms with Gasteiger partial charge in [-0.1, -0.05) is 11.6 Å². The molecule has 32 heavy (non-hydrogen) atoms. The molecule has 0 saturated carbocycles. The first kappa shape index (κ1) is 22.3. The fourth-order valence-corrected chi connectivity index (χ4v) is 4.35. The number of benzene rings is 2. The third-order valence-corrected chi connectivity index (χ3v) is 6.08. The van der Waals surface area contributed by atoms with Crippen molar-refractivity contribution >= 4 is 29.1 Å². The Hall–Kier alpha value is -2.87. The third-order valence-electron chi connectivity index (χ3n) is 5.85. The van der Waals surface area contributed by atoms with Crippen molar-refractivity contribution in [3.63, 3.8) is 0 Å². The number of amides is 2. The molecule has 0 N–H and O–H groups in total. The van der Waals surface area contributed by atoms with E-state index in [1.165, 1.54) is 13.2 Å². The van der Waals surface area contributed by atoms with Crippen LogP contribution in [-0.4, -0.2) is 49.6 Å². The van der Waals surface area contributed by atoms with E-state index < -0.39 is 17.6 Å². The molecule has 6 nitrogen and oxygen atoms in total. The fraction of sp³-hybridized carbons (Fsp3) is 0.391. The zero-order chi connectivity index (χ0) is 22.8. The van der Waals surface area contributed by atoms with Crippen molar-refractivity contribution in [3.8, 4) is 11.5 Å². The summed E-state index contributed by atoms with van der Waals surface area (Å²) in [6.45, 7) is 1.14.